The summed E-state index contributed by atoms with van der Waals surface area (Å²) in [7, 11) is 0. The van der Waals surface area contributed by atoms with Gasteiger partial charge < -0.3 is 5.11 Å². The summed E-state index contributed by atoms with van der Waals surface area (Å²) in [4.78, 5) is 11.6. The minimum atomic E-state index is -1.05. The van der Waals surface area contributed by atoms with Crippen LogP contribution in [0.4, 0.5) is 0 Å². The van der Waals surface area contributed by atoms with Gasteiger partial charge in [0.2, 0.25) is 0 Å². The van der Waals surface area contributed by atoms with E-state index >= 15 is 0 Å². The molecule has 0 rings (SSSR count). The molecule has 0 aromatic carbocycles. The number of hydrogen-bond donors (Lipinski definition) is 1. The van der Waals surface area contributed by atoms with Crippen molar-refractivity contribution in [3.8, 4) is 0 Å². The molecule has 84 valence electrons. The van der Waals surface area contributed by atoms with Crippen molar-refractivity contribution < 1.29 is 9.90 Å². The molecule has 2 nitrogen and oxygen atoms in total. The summed E-state index contributed by atoms with van der Waals surface area (Å²) in [5.41, 5.74) is -1.05. The Morgan fingerprint density at radius 1 is 1.07 bits per heavy atom. The number of carbonyl (C=O) groups excluding carboxylic acids is 1. The molecule has 0 aromatic rings. The van der Waals surface area contributed by atoms with Gasteiger partial charge in [-0.25, -0.2) is 0 Å². The van der Waals surface area contributed by atoms with Crippen molar-refractivity contribution in [2.24, 2.45) is 0 Å². The predicted molar refractivity (Wildman–Crippen MR) is 59.3 cm³/mol. The maximum Gasteiger partial charge on any atom is 0.164 e. The third kappa shape index (κ3) is 4.23. The molecule has 0 spiro atoms. The first-order valence-corrected chi connectivity index (χ1v) is 5.86. The Kier molecular flexibility index (Phi) is 6.81. The molecule has 1 N–H and O–H groups in total. The minimum Gasteiger partial charge on any atom is -0.382 e. The Labute approximate surface area is 87.7 Å². The van der Waals surface area contributed by atoms with Crippen molar-refractivity contribution in [2.45, 2.75) is 71.3 Å². The highest BCUT2D eigenvalue weighted by Crippen LogP contribution is 2.19. The van der Waals surface area contributed by atoms with Crippen LogP contribution in [0.15, 0.2) is 0 Å². The monoisotopic (exact) mass is 200 g/mol. The second kappa shape index (κ2) is 6.99. The van der Waals surface area contributed by atoms with Crippen LogP contribution in [0.3, 0.4) is 0 Å². The van der Waals surface area contributed by atoms with Crippen molar-refractivity contribution in [3.05, 3.63) is 0 Å². The van der Waals surface area contributed by atoms with Crippen LogP contribution in [-0.4, -0.2) is 16.5 Å². The molecule has 0 aliphatic carbocycles. The fourth-order valence-corrected chi connectivity index (χ4v) is 1.59. The molecule has 0 unspecified atom stereocenters. The molecule has 14 heavy (non-hydrogen) atoms. The lowest BCUT2D eigenvalue weighted by molar-refractivity contribution is -0.138. The van der Waals surface area contributed by atoms with Gasteiger partial charge in [0.25, 0.3) is 0 Å². The first-order valence-electron chi connectivity index (χ1n) is 5.86. The predicted octanol–water partition coefficient (Wildman–Crippen LogP) is 3.08. The third-order valence-electron chi connectivity index (χ3n) is 2.95. The molecule has 0 saturated carbocycles. The molecule has 2 heteroatoms. The van der Waals surface area contributed by atoms with Crippen molar-refractivity contribution >= 4 is 5.78 Å². The van der Waals surface area contributed by atoms with Crippen LogP contribution in [0.5, 0.6) is 0 Å². The zero-order valence-corrected chi connectivity index (χ0v) is 9.81. The van der Waals surface area contributed by atoms with Crippen molar-refractivity contribution in [2.75, 3.05) is 0 Å². The first kappa shape index (κ1) is 13.6. The van der Waals surface area contributed by atoms with E-state index in [1.165, 1.54) is 12.8 Å². The Morgan fingerprint density at radius 2 is 1.64 bits per heavy atom. The SMILES string of the molecule is CCCCCCC(=O)C(O)(CC)CC. The van der Waals surface area contributed by atoms with Gasteiger partial charge in [0.1, 0.15) is 5.60 Å². The number of carbonyl (C=O) groups is 1. The summed E-state index contributed by atoms with van der Waals surface area (Å²) < 4.78 is 0. The summed E-state index contributed by atoms with van der Waals surface area (Å²) in [6.07, 6.45) is 6.01. The fourth-order valence-electron chi connectivity index (χ4n) is 1.59. The Bertz CT molecular complexity index is 160. The topological polar surface area (TPSA) is 37.3 Å². The number of rotatable bonds is 8. The third-order valence-corrected chi connectivity index (χ3v) is 2.95. The van der Waals surface area contributed by atoms with E-state index in [1.807, 2.05) is 13.8 Å². The minimum absolute atomic E-state index is 0.0265. The first-order chi connectivity index (χ1) is 6.60. The van der Waals surface area contributed by atoms with Crippen molar-refractivity contribution in [3.63, 3.8) is 0 Å². The van der Waals surface area contributed by atoms with Crippen molar-refractivity contribution in [1.29, 1.82) is 0 Å². The summed E-state index contributed by atoms with van der Waals surface area (Å²) in [5, 5.41) is 9.90. The van der Waals surface area contributed by atoms with E-state index in [0.717, 1.165) is 12.8 Å². The van der Waals surface area contributed by atoms with Crippen LogP contribution >= 0.6 is 0 Å². The zero-order valence-electron chi connectivity index (χ0n) is 9.81. The molecule has 0 bridgehead atoms. The molecular weight excluding hydrogens is 176 g/mol. The standard InChI is InChI=1S/C12H24O2/c1-4-7-8-9-10-11(13)12(14,5-2)6-3/h14H,4-10H2,1-3H3. The van der Waals surface area contributed by atoms with Crippen LogP contribution < -0.4 is 0 Å². The maximum atomic E-state index is 11.6. The van der Waals surface area contributed by atoms with Crippen LogP contribution in [0, 0.1) is 0 Å². The molecule has 0 aliphatic heterocycles. The Balaban J connectivity index is 3.82. The molecule has 0 aromatic heterocycles. The van der Waals surface area contributed by atoms with Crippen LogP contribution in [0.25, 0.3) is 0 Å². The van der Waals surface area contributed by atoms with Crippen LogP contribution in [0.2, 0.25) is 0 Å². The molecule has 0 fully saturated rings. The number of hydrogen-bond acceptors (Lipinski definition) is 2. The highest BCUT2D eigenvalue weighted by molar-refractivity contribution is 5.86. The zero-order chi connectivity index (χ0) is 11.0. The van der Waals surface area contributed by atoms with Gasteiger partial charge in [0.05, 0.1) is 0 Å². The Morgan fingerprint density at radius 3 is 2.07 bits per heavy atom. The maximum absolute atomic E-state index is 11.6. The van der Waals surface area contributed by atoms with E-state index in [2.05, 4.69) is 6.92 Å². The lowest BCUT2D eigenvalue weighted by Gasteiger charge is -2.23. The van der Waals surface area contributed by atoms with E-state index in [4.69, 9.17) is 0 Å². The van der Waals surface area contributed by atoms with Gasteiger partial charge in [-0.05, 0) is 19.3 Å². The average Bonchev–Trinajstić information content (AvgIpc) is 2.22. The van der Waals surface area contributed by atoms with E-state index in [-0.39, 0.29) is 5.78 Å². The van der Waals surface area contributed by atoms with Gasteiger partial charge in [0.15, 0.2) is 5.78 Å². The van der Waals surface area contributed by atoms with E-state index in [0.29, 0.717) is 19.3 Å². The average molecular weight is 200 g/mol. The van der Waals surface area contributed by atoms with Gasteiger partial charge in [-0.3, -0.25) is 4.79 Å². The lowest BCUT2D eigenvalue weighted by Crippen LogP contribution is -2.36. The van der Waals surface area contributed by atoms with Crippen LogP contribution in [-0.2, 0) is 4.79 Å². The van der Waals surface area contributed by atoms with Crippen LogP contribution in [0.1, 0.15) is 65.7 Å². The molecular formula is C12H24O2. The molecule has 0 atom stereocenters. The summed E-state index contributed by atoms with van der Waals surface area (Å²) in [6.45, 7) is 5.89. The van der Waals surface area contributed by atoms with Gasteiger partial charge in [-0.2, -0.15) is 0 Å². The van der Waals surface area contributed by atoms with Crippen molar-refractivity contribution in [1.82, 2.24) is 0 Å². The fraction of sp³-hybridized carbons (Fsp3) is 0.917. The second-order valence-corrected chi connectivity index (χ2v) is 3.97. The molecule has 0 saturated heterocycles. The quantitative estimate of drug-likeness (QED) is 0.611. The molecule has 0 radical (unpaired) electrons. The summed E-state index contributed by atoms with van der Waals surface area (Å²) in [6, 6.07) is 0. The summed E-state index contributed by atoms with van der Waals surface area (Å²) in [5.74, 6) is 0.0265. The largest absolute Gasteiger partial charge is 0.382 e. The van der Waals surface area contributed by atoms with Gasteiger partial charge in [-0.15, -0.1) is 0 Å². The molecule has 0 aliphatic rings. The number of Topliss-reactive ketones (excluding diaryl/α,β-unsaturated/α-hetero) is 1. The highest BCUT2D eigenvalue weighted by atomic mass is 16.3. The highest BCUT2D eigenvalue weighted by Gasteiger charge is 2.30. The summed E-state index contributed by atoms with van der Waals surface area (Å²) >= 11 is 0. The normalized spacial score (nSPS) is 11.7. The van der Waals surface area contributed by atoms with Gasteiger partial charge >= 0.3 is 0 Å². The number of ketones is 1. The lowest BCUT2D eigenvalue weighted by atomic mass is 9.89. The van der Waals surface area contributed by atoms with E-state index in [1.54, 1.807) is 0 Å². The van der Waals surface area contributed by atoms with Gasteiger partial charge in [-0.1, -0.05) is 40.0 Å². The van der Waals surface area contributed by atoms with E-state index < -0.39 is 5.60 Å². The smallest absolute Gasteiger partial charge is 0.164 e. The van der Waals surface area contributed by atoms with E-state index in [9.17, 15) is 9.90 Å². The van der Waals surface area contributed by atoms with Gasteiger partial charge in [0, 0.05) is 6.42 Å². The molecule has 0 heterocycles. The Hall–Kier alpha value is -0.370. The number of unbranched alkanes of at least 4 members (excludes halogenated alkanes) is 3. The number of aliphatic hydroxyl groups is 1. The molecule has 0 amide bonds. The second-order valence-electron chi connectivity index (χ2n) is 3.97.